The summed E-state index contributed by atoms with van der Waals surface area (Å²) in [6.07, 6.45) is 2.18. The van der Waals surface area contributed by atoms with Crippen molar-refractivity contribution in [2.24, 2.45) is 0 Å². The van der Waals surface area contributed by atoms with Crippen molar-refractivity contribution >= 4 is 66.4 Å². The molecule has 2 rings (SSSR count). The van der Waals surface area contributed by atoms with Crippen LogP contribution in [0.1, 0.15) is 11.1 Å². The van der Waals surface area contributed by atoms with Gasteiger partial charge in [0.15, 0.2) is 0 Å². The number of ether oxygens (including phenoxy) is 1. The Morgan fingerprint density at radius 3 is 2.56 bits per heavy atom. The highest BCUT2D eigenvalue weighted by Gasteiger charge is 2.11. The van der Waals surface area contributed by atoms with Crippen molar-refractivity contribution in [1.82, 2.24) is 0 Å². The summed E-state index contributed by atoms with van der Waals surface area (Å²) in [4.78, 5) is 0. The molecule has 1 heterocycles. The molecule has 1 aliphatic heterocycles. The maximum Gasteiger partial charge on any atom is 0.122 e. The van der Waals surface area contributed by atoms with E-state index < -0.39 is 0 Å². The summed E-state index contributed by atoms with van der Waals surface area (Å²) >= 11 is 12.9. The van der Waals surface area contributed by atoms with Gasteiger partial charge in [-0.2, -0.15) is 0 Å². The fraction of sp³-hybridized carbons (Fsp3) is 0.400. The lowest BCUT2D eigenvalue weighted by Crippen LogP contribution is -1.86. The average molecular weight is 498 g/mol. The summed E-state index contributed by atoms with van der Waals surface area (Å²) in [6.45, 7) is 0.854. The second-order valence-electron chi connectivity index (χ2n) is 3.17. The van der Waals surface area contributed by atoms with Gasteiger partial charge in [0.25, 0.3) is 0 Å². The van der Waals surface area contributed by atoms with Crippen LogP contribution in [0.5, 0.6) is 5.75 Å². The minimum atomic E-state index is -0.183. The molecule has 0 atom stereocenters. The van der Waals surface area contributed by atoms with Crippen molar-refractivity contribution in [2.75, 3.05) is 11.9 Å². The van der Waals surface area contributed by atoms with Crippen molar-refractivity contribution < 1.29 is 4.74 Å². The molecule has 90 valence electrons. The summed E-state index contributed by atoms with van der Waals surface area (Å²) in [5.74, 6) is 1.08. The number of rotatable bonds is 2. The fourth-order valence-electron chi connectivity index (χ4n) is 1.50. The molecule has 0 unspecified atom stereocenters. The SMILES string of the molecule is BrCCc1ccc2c(c1)CCO2.BrP(Br)Br. The number of aryl methyl sites for hydroxylation is 1. The molecule has 0 spiro atoms. The van der Waals surface area contributed by atoms with Crippen LogP contribution in [0.4, 0.5) is 0 Å². The molecule has 0 aliphatic carbocycles. The largest absolute Gasteiger partial charge is 0.493 e. The van der Waals surface area contributed by atoms with Gasteiger partial charge in [0.05, 0.1) is 6.61 Å². The molecule has 0 aromatic heterocycles. The molecule has 0 bridgehead atoms. The summed E-state index contributed by atoms with van der Waals surface area (Å²) in [5, 5.41) is 1.03. The Bertz CT molecular complexity index is 330. The number of hydrogen-bond donors (Lipinski definition) is 0. The monoisotopic (exact) mass is 494 g/mol. The van der Waals surface area contributed by atoms with E-state index >= 15 is 0 Å². The van der Waals surface area contributed by atoms with Crippen LogP contribution in [0.25, 0.3) is 0 Å². The van der Waals surface area contributed by atoms with Crippen LogP contribution in [0.15, 0.2) is 18.2 Å². The van der Waals surface area contributed by atoms with Gasteiger partial charge >= 0.3 is 0 Å². The van der Waals surface area contributed by atoms with Crippen molar-refractivity contribution in [1.29, 1.82) is 0 Å². The molecule has 16 heavy (non-hydrogen) atoms. The summed E-state index contributed by atoms with van der Waals surface area (Å²) in [6, 6.07) is 6.48. The first-order chi connectivity index (χ1) is 7.63. The standard InChI is InChI=1S/C10H11BrO.Br3P/c11-5-3-8-1-2-10-9(7-8)4-6-12-10;1-4(2)3/h1-2,7H,3-6H2;. The van der Waals surface area contributed by atoms with Crippen LogP contribution in [0, 0.1) is 0 Å². The highest BCUT2D eigenvalue weighted by molar-refractivity contribution is 9.93. The van der Waals surface area contributed by atoms with E-state index in [-0.39, 0.29) is 4.03 Å². The molecule has 0 radical (unpaired) electrons. The van der Waals surface area contributed by atoms with E-state index in [2.05, 4.69) is 80.6 Å². The quantitative estimate of drug-likeness (QED) is 0.362. The molecule has 1 nitrogen and oxygen atoms in total. The molecule has 0 N–H and O–H groups in total. The van der Waals surface area contributed by atoms with E-state index in [9.17, 15) is 0 Å². The average Bonchev–Trinajstić information content (AvgIpc) is 2.64. The zero-order valence-corrected chi connectivity index (χ0v) is 15.7. The molecular formula is C10H11Br4OP. The van der Waals surface area contributed by atoms with Gasteiger partial charge in [-0.05, 0) is 70.1 Å². The number of halogens is 4. The van der Waals surface area contributed by atoms with Crippen molar-refractivity contribution in [3.63, 3.8) is 0 Å². The second-order valence-corrected chi connectivity index (χ2v) is 19.3. The molecule has 6 heteroatoms. The molecule has 1 aliphatic rings. The smallest absolute Gasteiger partial charge is 0.122 e. The fourth-order valence-corrected chi connectivity index (χ4v) is 1.96. The van der Waals surface area contributed by atoms with Crippen LogP contribution >= 0.6 is 66.4 Å². The number of alkyl halides is 1. The van der Waals surface area contributed by atoms with Gasteiger partial charge in [0.2, 0.25) is 0 Å². The van der Waals surface area contributed by atoms with Crippen LogP contribution in [0.3, 0.4) is 0 Å². The van der Waals surface area contributed by atoms with E-state index in [0.29, 0.717) is 0 Å². The van der Waals surface area contributed by atoms with Gasteiger partial charge in [-0.3, -0.25) is 0 Å². The molecule has 0 saturated carbocycles. The van der Waals surface area contributed by atoms with E-state index in [1.54, 1.807) is 0 Å². The summed E-state index contributed by atoms with van der Waals surface area (Å²) in [7, 11) is 0. The van der Waals surface area contributed by atoms with E-state index in [1.807, 2.05) is 0 Å². The van der Waals surface area contributed by atoms with Crippen LogP contribution in [0.2, 0.25) is 0 Å². The third-order valence-electron chi connectivity index (χ3n) is 2.14. The zero-order valence-electron chi connectivity index (χ0n) is 8.43. The number of fused-ring (bicyclic) bond motifs is 1. The first-order valence-corrected chi connectivity index (χ1v) is 13.2. The molecule has 0 amide bonds. The molecule has 0 fully saturated rings. The Labute approximate surface area is 130 Å². The predicted molar refractivity (Wildman–Crippen MR) is 86.8 cm³/mol. The topological polar surface area (TPSA) is 9.23 Å². The summed E-state index contributed by atoms with van der Waals surface area (Å²) in [5.41, 5.74) is 2.77. The van der Waals surface area contributed by atoms with E-state index in [0.717, 1.165) is 30.5 Å². The Hall–Kier alpha value is 1.37. The lowest BCUT2D eigenvalue weighted by atomic mass is 10.1. The Morgan fingerprint density at radius 1 is 1.25 bits per heavy atom. The van der Waals surface area contributed by atoms with Gasteiger partial charge in [0.1, 0.15) is 9.78 Å². The second kappa shape index (κ2) is 8.47. The number of hydrogen-bond acceptors (Lipinski definition) is 1. The third kappa shape index (κ3) is 5.81. The zero-order chi connectivity index (χ0) is 12.0. The first kappa shape index (κ1) is 15.4. The van der Waals surface area contributed by atoms with Gasteiger partial charge in [0, 0.05) is 11.8 Å². The maximum absolute atomic E-state index is 5.42. The van der Waals surface area contributed by atoms with Crippen LogP contribution in [-0.2, 0) is 12.8 Å². The Morgan fingerprint density at radius 2 is 1.94 bits per heavy atom. The lowest BCUT2D eigenvalue weighted by Gasteiger charge is -2.01. The van der Waals surface area contributed by atoms with Crippen LogP contribution < -0.4 is 4.74 Å². The van der Waals surface area contributed by atoms with Crippen molar-refractivity contribution in [3.05, 3.63) is 29.3 Å². The van der Waals surface area contributed by atoms with Crippen molar-refractivity contribution in [3.8, 4) is 5.75 Å². The van der Waals surface area contributed by atoms with Gasteiger partial charge in [-0.1, -0.05) is 28.1 Å². The Kier molecular flexibility index (Phi) is 8.17. The van der Waals surface area contributed by atoms with Crippen molar-refractivity contribution in [2.45, 2.75) is 12.8 Å². The number of benzene rings is 1. The maximum atomic E-state index is 5.42. The summed E-state index contributed by atoms with van der Waals surface area (Å²) < 4.78 is 5.24. The highest BCUT2D eigenvalue weighted by atomic mass is 80.0. The lowest BCUT2D eigenvalue weighted by molar-refractivity contribution is 0.357. The van der Waals surface area contributed by atoms with E-state index in [1.165, 1.54) is 11.1 Å². The van der Waals surface area contributed by atoms with Gasteiger partial charge < -0.3 is 4.74 Å². The van der Waals surface area contributed by atoms with Gasteiger partial charge in [-0.15, -0.1) is 0 Å². The highest BCUT2D eigenvalue weighted by Crippen LogP contribution is 2.59. The molecule has 0 saturated heterocycles. The third-order valence-corrected chi connectivity index (χ3v) is 2.53. The normalized spacial score (nSPS) is 12.8. The minimum absolute atomic E-state index is 0.183. The predicted octanol–water partition coefficient (Wildman–Crippen LogP) is 5.96. The molecule has 1 aromatic carbocycles. The van der Waals surface area contributed by atoms with Gasteiger partial charge in [-0.25, -0.2) is 0 Å². The minimum Gasteiger partial charge on any atom is -0.493 e. The Balaban J connectivity index is 0.000000280. The molecular weight excluding hydrogens is 487 g/mol. The first-order valence-electron chi connectivity index (χ1n) is 4.71. The molecule has 1 aromatic rings. The van der Waals surface area contributed by atoms with Crippen LogP contribution in [-0.4, -0.2) is 11.9 Å². The van der Waals surface area contributed by atoms with E-state index in [4.69, 9.17) is 4.74 Å².